The Bertz CT molecular complexity index is 1150. The summed E-state index contributed by atoms with van der Waals surface area (Å²) in [6.07, 6.45) is 6.97. The molecule has 33 heavy (non-hydrogen) atoms. The number of carbonyl (C=O) groups is 2. The van der Waals surface area contributed by atoms with E-state index in [4.69, 9.17) is 5.73 Å². The maximum absolute atomic E-state index is 12.3. The molecule has 174 valence electrons. The Morgan fingerprint density at radius 2 is 1.88 bits per heavy atom. The zero-order chi connectivity index (χ0) is 23.4. The maximum atomic E-state index is 12.3. The van der Waals surface area contributed by atoms with Crippen molar-refractivity contribution in [2.24, 2.45) is 11.7 Å². The van der Waals surface area contributed by atoms with Crippen molar-refractivity contribution < 1.29 is 18.0 Å². The van der Waals surface area contributed by atoms with Gasteiger partial charge in [0.15, 0.2) is 0 Å². The fraction of sp³-hybridized carbons (Fsp3) is 0.348. The van der Waals surface area contributed by atoms with E-state index in [1.807, 2.05) is 11.0 Å². The van der Waals surface area contributed by atoms with Gasteiger partial charge in [0, 0.05) is 25.7 Å². The summed E-state index contributed by atoms with van der Waals surface area (Å²) in [5.41, 5.74) is 7.42. The van der Waals surface area contributed by atoms with Crippen molar-refractivity contribution in [1.82, 2.24) is 4.98 Å². The highest BCUT2D eigenvalue weighted by atomic mass is 32.2. The van der Waals surface area contributed by atoms with E-state index in [1.165, 1.54) is 10.4 Å². The number of amides is 2. The first-order valence-corrected chi connectivity index (χ1v) is 12.5. The molecule has 1 atom stereocenters. The first-order chi connectivity index (χ1) is 15.8. The maximum Gasteiger partial charge on any atom is 0.248 e. The van der Waals surface area contributed by atoms with Gasteiger partial charge in [-0.25, -0.2) is 13.4 Å². The van der Waals surface area contributed by atoms with Crippen LogP contribution in [0.25, 0.3) is 6.08 Å². The number of nitrogens with zero attached hydrogens (tertiary/aromatic N) is 3. The third-order valence-corrected chi connectivity index (χ3v) is 7.74. The van der Waals surface area contributed by atoms with Crippen LogP contribution in [0, 0.1) is 5.92 Å². The number of rotatable bonds is 6. The zero-order valence-corrected chi connectivity index (χ0v) is 19.0. The van der Waals surface area contributed by atoms with Crippen LogP contribution in [0.15, 0.2) is 48.7 Å². The van der Waals surface area contributed by atoms with Crippen molar-refractivity contribution in [3.05, 3.63) is 54.2 Å². The summed E-state index contributed by atoms with van der Waals surface area (Å²) in [6, 6.07) is 10.6. The molecule has 2 aliphatic heterocycles. The van der Waals surface area contributed by atoms with Gasteiger partial charge in [0.25, 0.3) is 0 Å². The molecule has 0 bridgehead atoms. The number of carbonyl (C=O) groups excluding carboxylic acids is 2. The van der Waals surface area contributed by atoms with Gasteiger partial charge >= 0.3 is 0 Å². The second-order valence-corrected chi connectivity index (χ2v) is 10.3. The summed E-state index contributed by atoms with van der Waals surface area (Å²) in [5.74, 6) is 0.165. The molecule has 2 aromatic rings. The smallest absolute Gasteiger partial charge is 0.248 e. The molecule has 2 fully saturated rings. The Hall–Kier alpha value is -3.40. The Balaban J connectivity index is 1.32. The van der Waals surface area contributed by atoms with E-state index >= 15 is 0 Å². The fourth-order valence-corrected chi connectivity index (χ4v) is 5.67. The summed E-state index contributed by atoms with van der Waals surface area (Å²) in [7, 11) is -3.21. The number of nitrogens with two attached hydrogens (primary N) is 1. The van der Waals surface area contributed by atoms with E-state index in [0.717, 1.165) is 30.8 Å². The SMILES string of the molecule is NC(=O)C1CCCN(c2ccc(NC(=O)/C=C/c3ccc(N4CCCS4(=O)=O)cc3)cn2)C1. The largest absolute Gasteiger partial charge is 0.369 e. The third-order valence-electron chi connectivity index (χ3n) is 5.87. The minimum atomic E-state index is -3.21. The summed E-state index contributed by atoms with van der Waals surface area (Å²) < 4.78 is 25.5. The van der Waals surface area contributed by atoms with Gasteiger partial charge in [-0.3, -0.25) is 13.9 Å². The molecule has 3 N–H and O–H groups in total. The molecule has 4 rings (SSSR count). The molecule has 9 nitrogen and oxygen atoms in total. The van der Waals surface area contributed by atoms with Crippen molar-refractivity contribution in [2.45, 2.75) is 19.3 Å². The van der Waals surface area contributed by atoms with E-state index in [2.05, 4.69) is 10.3 Å². The Kier molecular flexibility index (Phi) is 6.64. The number of piperidine rings is 1. The van der Waals surface area contributed by atoms with Gasteiger partial charge in [-0.05, 0) is 55.2 Å². The highest BCUT2D eigenvalue weighted by Crippen LogP contribution is 2.25. The molecule has 0 spiro atoms. The number of anilines is 3. The highest BCUT2D eigenvalue weighted by molar-refractivity contribution is 7.93. The van der Waals surface area contributed by atoms with Crippen LogP contribution in [0.2, 0.25) is 0 Å². The van der Waals surface area contributed by atoms with E-state index in [-0.39, 0.29) is 23.5 Å². The molecule has 2 amide bonds. The number of hydrogen-bond acceptors (Lipinski definition) is 6. The second kappa shape index (κ2) is 9.62. The van der Waals surface area contributed by atoms with Gasteiger partial charge in [0.05, 0.1) is 29.2 Å². The Morgan fingerprint density at radius 1 is 1.09 bits per heavy atom. The number of primary amides is 1. The van der Waals surface area contributed by atoms with Crippen molar-refractivity contribution in [3.8, 4) is 0 Å². The van der Waals surface area contributed by atoms with Crippen LogP contribution >= 0.6 is 0 Å². The number of pyridine rings is 1. The van der Waals surface area contributed by atoms with Gasteiger partial charge in [0.2, 0.25) is 21.8 Å². The van der Waals surface area contributed by atoms with Crippen molar-refractivity contribution in [1.29, 1.82) is 0 Å². The first-order valence-electron chi connectivity index (χ1n) is 10.9. The lowest BCUT2D eigenvalue weighted by Crippen LogP contribution is -2.41. The molecule has 0 radical (unpaired) electrons. The molecule has 1 aromatic carbocycles. The average Bonchev–Trinajstić information content (AvgIpc) is 3.17. The summed E-state index contributed by atoms with van der Waals surface area (Å²) in [6.45, 7) is 1.86. The molecule has 0 aliphatic carbocycles. The van der Waals surface area contributed by atoms with E-state index in [9.17, 15) is 18.0 Å². The predicted molar refractivity (Wildman–Crippen MR) is 128 cm³/mol. The Labute approximate surface area is 193 Å². The van der Waals surface area contributed by atoms with Crippen LogP contribution in [0.5, 0.6) is 0 Å². The predicted octanol–water partition coefficient (Wildman–Crippen LogP) is 1.98. The number of nitrogens with one attached hydrogen (secondary N) is 1. The van der Waals surface area contributed by atoms with Gasteiger partial charge < -0.3 is 16.0 Å². The van der Waals surface area contributed by atoms with E-state index in [1.54, 1.807) is 42.6 Å². The van der Waals surface area contributed by atoms with Gasteiger partial charge in [-0.2, -0.15) is 0 Å². The minimum absolute atomic E-state index is 0.168. The topological polar surface area (TPSA) is 126 Å². The summed E-state index contributed by atoms with van der Waals surface area (Å²) in [4.78, 5) is 30.2. The van der Waals surface area contributed by atoms with Crippen molar-refractivity contribution in [2.75, 3.05) is 39.9 Å². The molecule has 2 saturated heterocycles. The number of aromatic nitrogens is 1. The van der Waals surface area contributed by atoms with Crippen LogP contribution in [0.1, 0.15) is 24.8 Å². The van der Waals surface area contributed by atoms with Crippen LogP contribution in [-0.4, -0.2) is 50.6 Å². The second-order valence-electron chi connectivity index (χ2n) is 8.25. The number of hydrogen-bond donors (Lipinski definition) is 2. The molecular weight excluding hydrogens is 442 g/mol. The molecule has 0 saturated carbocycles. The number of benzene rings is 1. The van der Waals surface area contributed by atoms with Crippen molar-refractivity contribution in [3.63, 3.8) is 0 Å². The Morgan fingerprint density at radius 3 is 2.52 bits per heavy atom. The lowest BCUT2D eigenvalue weighted by Gasteiger charge is -2.32. The molecular formula is C23H27N5O4S. The monoisotopic (exact) mass is 469 g/mol. The van der Waals surface area contributed by atoms with Crippen molar-refractivity contribution >= 4 is 45.1 Å². The van der Waals surface area contributed by atoms with Gasteiger partial charge in [-0.15, -0.1) is 0 Å². The van der Waals surface area contributed by atoms with E-state index < -0.39 is 10.0 Å². The zero-order valence-electron chi connectivity index (χ0n) is 18.2. The van der Waals surface area contributed by atoms with Crippen LogP contribution in [-0.2, 0) is 19.6 Å². The fourth-order valence-electron chi connectivity index (χ4n) is 4.10. The minimum Gasteiger partial charge on any atom is -0.369 e. The number of sulfonamides is 1. The summed E-state index contributed by atoms with van der Waals surface area (Å²) in [5, 5.41) is 2.77. The highest BCUT2D eigenvalue weighted by Gasteiger charge is 2.28. The van der Waals surface area contributed by atoms with Crippen LogP contribution in [0.3, 0.4) is 0 Å². The van der Waals surface area contributed by atoms with E-state index in [0.29, 0.717) is 30.9 Å². The first kappa shape index (κ1) is 22.8. The molecule has 10 heteroatoms. The van der Waals surface area contributed by atoms with Gasteiger partial charge in [-0.1, -0.05) is 12.1 Å². The van der Waals surface area contributed by atoms with Gasteiger partial charge in [0.1, 0.15) is 5.82 Å². The lowest BCUT2D eigenvalue weighted by molar-refractivity contribution is -0.122. The average molecular weight is 470 g/mol. The van der Waals surface area contributed by atoms with Crippen LogP contribution < -0.4 is 20.3 Å². The quantitative estimate of drug-likeness (QED) is 0.623. The standard InChI is InChI=1S/C23H27N5O4S/c24-23(30)18-3-1-12-27(16-18)21-10-7-19(15-25-21)26-22(29)11-6-17-4-8-20(9-5-17)28-13-2-14-33(28,31)32/h4-11,15,18H,1-3,12-14,16H2,(H2,24,30)(H,26,29)/b11-6+. The lowest BCUT2D eigenvalue weighted by atomic mass is 9.97. The summed E-state index contributed by atoms with van der Waals surface area (Å²) >= 11 is 0. The molecule has 3 heterocycles. The molecule has 1 aromatic heterocycles. The normalized spacial score (nSPS) is 20.2. The van der Waals surface area contributed by atoms with Crippen LogP contribution in [0.4, 0.5) is 17.2 Å². The molecule has 1 unspecified atom stereocenters. The molecule has 2 aliphatic rings. The third kappa shape index (κ3) is 5.51.